The van der Waals surface area contributed by atoms with Gasteiger partial charge in [0.05, 0.1) is 0 Å². The number of nitrogens with one attached hydrogen (secondary N) is 2. The van der Waals surface area contributed by atoms with E-state index in [4.69, 9.17) is 0 Å². The molecule has 2 atom stereocenters. The number of hydrogen-bond acceptors (Lipinski definition) is 2. The normalized spacial score (nSPS) is 25.4. The van der Waals surface area contributed by atoms with Crippen LogP contribution in [0.1, 0.15) is 117 Å². The maximum absolute atomic E-state index is 3.72. The predicted octanol–water partition coefficient (Wildman–Crippen LogP) is 6.11. The van der Waals surface area contributed by atoms with Crippen LogP contribution in [0.3, 0.4) is 0 Å². The van der Waals surface area contributed by atoms with Crippen LogP contribution in [0.4, 0.5) is 0 Å². The van der Waals surface area contributed by atoms with Gasteiger partial charge >= 0.3 is 0 Å². The fourth-order valence-electron chi connectivity index (χ4n) is 3.58. The third kappa shape index (κ3) is 10.6. The first-order chi connectivity index (χ1) is 10.9. The molecule has 1 saturated heterocycles. The molecule has 0 aromatic carbocycles. The smallest absolute Gasteiger partial charge is 0.0213 e. The molecule has 132 valence electrons. The maximum Gasteiger partial charge on any atom is 0.0213 e. The minimum Gasteiger partial charge on any atom is -0.255 e. The van der Waals surface area contributed by atoms with Crippen LogP contribution in [0.15, 0.2) is 0 Å². The Balaban J connectivity index is 2.38. The summed E-state index contributed by atoms with van der Waals surface area (Å²) in [7, 11) is 0. The van der Waals surface area contributed by atoms with E-state index in [0.29, 0.717) is 12.1 Å². The Morgan fingerprint density at radius 1 is 0.591 bits per heavy atom. The Kier molecular flexibility index (Phi) is 13.2. The van der Waals surface area contributed by atoms with Crippen molar-refractivity contribution < 1.29 is 0 Å². The molecule has 1 aliphatic rings. The highest BCUT2D eigenvalue weighted by Gasteiger charge is 2.13. The van der Waals surface area contributed by atoms with Gasteiger partial charge in [0.15, 0.2) is 0 Å². The third-order valence-corrected chi connectivity index (χ3v) is 5.16. The zero-order valence-electron chi connectivity index (χ0n) is 15.5. The van der Waals surface area contributed by atoms with Crippen molar-refractivity contribution in [2.24, 2.45) is 0 Å². The Hall–Kier alpha value is -0.0800. The highest BCUT2D eigenvalue weighted by Crippen LogP contribution is 2.16. The molecule has 0 spiro atoms. The van der Waals surface area contributed by atoms with E-state index in [2.05, 4.69) is 24.7 Å². The van der Waals surface area contributed by atoms with Crippen LogP contribution in [-0.4, -0.2) is 12.1 Å². The molecule has 0 aromatic rings. The lowest BCUT2D eigenvalue weighted by atomic mass is 9.98. The van der Waals surface area contributed by atoms with Gasteiger partial charge in [-0.3, -0.25) is 10.9 Å². The first kappa shape index (κ1) is 20.0. The van der Waals surface area contributed by atoms with E-state index < -0.39 is 0 Å². The molecule has 0 amide bonds. The second-order valence-corrected chi connectivity index (χ2v) is 7.37. The Morgan fingerprint density at radius 2 is 1.00 bits per heavy atom. The summed E-state index contributed by atoms with van der Waals surface area (Å²) >= 11 is 0. The van der Waals surface area contributed by atoms with E-state index in [1.165, 1.54) is 103 Å². The summed E-state index contributed by atoms with van der Waals surface area (Å²) in [6.45, 7) is 4.60. The molecule has 22 heavy (non-hydrogen) atoms. The number of unbranched alkanes of at least 4 members (excludes halogenated alkanes) is 4. The summed E-state index contributed by atoms with van der Waals surface area (Å²) < 4.78 is 0. The molecule has 2 nitrogen and oxygen atoms in total. The van der Waals surface area contributed by atoms with Crippen molar-refractivity contribution in [1.82, 2.24) is 10.9 Å². The third-order valence-electron chi connectivity index (χ3n) is 5.16. The van der Waals surface area contributed by atoms with Crippen LogP contribution in [0.5, 0.6) is 0 Å². The molecule has 0 aliphatic carbocycles. The fraction of sp³-hybridized carbons (Fsp3) is 1.00. The van der Waals surface area contributed by atoms with Crippen molar-refractivity contribution in [2.75, 3.05) is 0 Å². The average molecular weight is 311 g/mol. The molecule has 0 radical (unpaired) electrons. The largest absolute Gasteiger partial charge is 0.255 e. The molecular weight excluding hydrogens is 268 g/mol. The second kappa shape index (κ2) is 14.5. The van der Waals surface area contributed by atoms with E-state index in [1.807, 2.05) is 0 Å². The van der Waals surface area contributed by atoms with E-state index >= 15 is 0 Å². The van der Waals surface area contributed by atoms with Crippen molar-refractivity contribution in [3.8, 4) is 0 Å². The summed E-state index contributed by atoms with van der Waals surface area (Å²) in [5.74, 6) is 0. The van der Waals surface area contributed by atoms with Crippen molar-refractivity contribution in [1.29, 1.82) is 0 Å². The summed E-state index contributed by atoms with van der Waals surface area (Å²) in [4.78, 5) is 0. The van der Waals surface area contributed by atoms with E-state index in [0.717, 1.165) is 0 Å². The summed E-state index contributed by atoms with van der Waals surface area (Å²) in [6, 6.07) is 1.39. The van der Waals surface area contributed by atoms with Crippen molar-refractivity contribution in [3.63, 3.8) is 0 Å². The van der Waals surface area contributed by atoms with E-state index in [9.17, 15) is 0 Å². The topological polar surface area (TPSA) is 24.1 Å². The molecular formula is C20H42N2. The van der Waals surface area contributed by atoms with Gasteiger partial charge in [-0.2, -0.15) is 0 Å². The number of rotatable bonds is 8. The Morgan fingerprint density at radius 3 is 1.41 bits per heavy atom. The molecule has 1 fully saturated rings. The van der Waals surface area contributed by atoms with Gasteiger partial charge in [-0.05, 0) is 25.7 Å². The molecule has 0 saturated carbocycles. The molecule has 2 unspecified atom stereocenters. The van der Waals surface area contributed by atoms with E-state index in [-0.39, 0.29) is 0 Å². The van der Waals surface area contributed by atoms with Gasteiger partial charge in [0, 0.05) is 12.1 Å². The van der Waals surface area contributed by atoms with E-state index in [1.54, 1.807) is 0 Å². The van der Waals surface area contributed by atoms with Gasteiger partial charge < -0.3 is 0 Å². The molecule has 2 heteroatoms. The molecule has 2 N–H and O–H groups in total. The van der Waals surface area contributed by atoms with Crippen LogP contribution in [0.2, 0.25) is 0 Å². The van der Waals surface area contributed by atoms with Crippen molar-refractivity contribution >= 4 is 0 Å². The van der Waals surface area contributed by atoms with Crippen LogP contribution >= 0.6 is 0 Å². The van der Waals surface area contributed by atoms with Gasteiger partial charge in [-0.1, -0.05) is 90.9 Å². The first-order valence-electron chi connectivity index (χ1n) is 10.4. The molecule has 1 rings (SSSR count). The van der Waals surface area contributed by atoms with Crippen LogP contribution in [-0.2, 0) is 0 Å². The van der Waals surface area contributed by atoms with Gasteiger partial charge in [0.2, 0.25) is 0 Å². The lowest BCUT2D eigenvalue weighted by molar-refractivity contribution is 0.300. The Labute approximate surface area is 140 Å². The quantitative estimate of drug-likeness (QED) is 0.528. The standard InChI is InChI=1S/C20H42N2/c1-3-5-11-15-19-17-13-9-7-8-10-14-18-20(22-21-19)16-12-6-4-2/h19-22H,3-18H2,1-2H3. The monoisotopic (exact) mass is 310 g/mol. The Bertz CT molecular complexity index is 206. The summed E-state index contributed by atoms with van der Waals surface area (Å²) in [5.41, 5.74) is 7.45. The minimum atomic E-state index is 0.694. The van der Waals surface area contributed by atoms with Gasteiger partial charge in [0.25, 0.3) is 0 Å². The minimum absolute atomic E-state index is 0.694. The first-order valence-corrected chi connectivity index (χ1v) is 10.4. The van der Waals surface area contributed by atoms with Gasteiger partial charge in [-0.15, -0.1) is 0 Å². The summed E-state index contributed by atoms with van der Waals surface area (Å²) in [6.07, 6.45) is 22.2. The van der Waals surface area contributed by atoms with Crippen molar-refractivity contribution in [2.45, 2.75) is 129 Å². The maximum atomic E-state index is 3.72. The molecule has 1 heterocycles. The number of hydrogen-bond donors (Lipinski definition) is 2. The van der Waals surface area contributed by atoms with Crippen LogP contribution in [0.25, 0.3) is 0 Å². The van der Waals surface area contributed by atoms with Gasteiger partial charge in [0.1, 0.15) is 0 Å². The summed E-state index contributed by atoms with van der Waals surface area (Å²) in [5, 5.41) is 0. The SMILES string of the molecule is CCCCCC1CCCCCCCCC(CCCCC)NN1. The lowest BCUT2D eigenvalue weighted by Crippen LogP contribution is -2.46. The highest BCUT2D eigenvalue weighted by atomic mass is 15.4. The number of hydrazine groups is 1. The van der Waals surface area contributed by atoms with Crippen LogP contribution in [0, 0.1) is 0 Å². The lowest BCUT2D eigenvalue weighted by Gasteiger charge is -2.25. The highest BCUT2D eigenvalue weighted by molar-refractivity contribution is 4.71. The van der Waals surface area contributed by atoms with Gasteiger partial charge in [-0.25, -0.2) is 0 Å². The average Bonchev–Trinajstić information content (AvgIpc) is 2.52. The predicted molar refractivity (Wildman–Crippen MR) is 99.1 cm³/mol. The fourth-order valence-corrected chi connectivity index (χ4v) is 3.58. The zero-order valence-corrected chi connectivity index (χ0v) is 15.5. The zero-order chi connectivity index (χ0) is 15.9. The van der Waals surface area contributed by atoms with Crippen LogP contribution < -0.4 is 10.9 Å². The molecule has 1 aliphatic heterocycles. The molecule has 0 bridgehead atoms. The molecule has 0 aromatic heterocycles. The second-order valence-electron chi connectivity index (χ2n) is 7.37. The van der Waals surface area contributed by atoms with Crippen molar-refractivity contribution in [3.05, 3.63) is 0 Å².